The number of carbonyl (C=O) groups excluding carboxylic acids is 2. The number of carbonyl (C=O) groups is 2. The Morgan fingerprint density at radius 1 is 1.38 bits per heavy atom. The van der Waals surface area contributed by atoms with Gasteiger partial charge in [-0.05, 0) is 40.9 Å². The zero-order valence-corrected chi connectivity index (χ0v) is 15.0. The maximum atomic E-state index is 12.2. The summed E-state index contributed by atoms with van der Waals surface area (Å²) in [5.74, 6) is 0.344. The second kappa shape index (κ2) is 8.15. The summed E-state index contributed by atoms with van der Waals surface area (Å²) in [6.07, 6.45) is 4.94. The summed E-state index contributed by atoms with van der Waals surface area (Å²) in [5.41, 5.74) is -0.400. The highest BCUT2D eigenvalue weighted by Crippen LogP contribution is 2.33. The molecule has 1 aliphatic rings. The average molecular weight is 395 g/mol. The second-order valence-corrected chi connectivity index (χ2v) is 6.59. The lowest BCUT2D eigenvalue weighted by Crippen LogP contribution is -2.50. The number of amides is 1. The first kappa shape index (κ1) is 18.3. The van der Waals surface area contributed by atoms with Crippen LogP contribution in [0, 0.1) is 11.3 Å². The number of methoxy groups -OCH3 is 1. The zero-order chi connectivity index (χ0) is 17.6. The molecule has 2 rings (SSSR count). The first-order chi connectivity index (χ1) is 11.5. The molecule has 0 atom stereocenters. The van der Waals surface area contributed by atoms with Gasteiger partial charge in [0.05, 0.1) is 13.2 Å². The van der Waals surface area contributed by atoms with E-state index in [4.69, 9.17) is 9.47 Å². The van der Waals surface area contributed by atoms with E-state index in [0.29, 0.717) is 40.7 Å². The molecule has 1 aliphatic carbocycles. The lowest BCUT2D eigenvalue weighted by Gasteiger charge is -2.31. The van der Waals surface area contributed by atoms with Crippen LogP contribution in [-0.2, 0) is 4.79 Å². The van der Waals surface area contributed by atoms with Crippen LogP contribution in [0.2, 0.25) is 0 Å². The number of aldehydes is 1. The van der Waals surface area contributed by atoms with Crippen LogP contribution in [0.4, 0.5) is 0 Å². The number of nitrogens with zero attached hydrogens (tertiary/aromatic N) is 1. The average Bonchev–Trinajstić information content (AvgIpc) is 2.61. The second-order valence-electron chi connectivity index (χ2n) is 5.73. The number of ether oxygens (including phenoxy) is 2. The molecule has 0 saturated heterocycles. The lowest BCUT2D eigenvalue weighted by atomic mass is 9.83. The fourth-order valence-electron chi connectivity index (χ4n) is 2.78. The summed E-state index contributed by atoms with van der Waals surface area (Å²) in [6, 6.07) is 5.34. The molecule has 0 unspecified atom stereocenters. The van der Waals surface area contributed by atoms with Gasteiger partial charge in [0, 0.05) is 10.0 Å². The predicted octanol–water partition coefficient (Wildman–Crippen LogP) is 2.99. The maximum Gasteiger partial charge on any atom is 0.259 e. The third-order valence-corrected chi connectivity index (χ3v) is 4.76. The van der Waals surface area contributed by atoms with Crippen molar-refractivity contribution in [1.82, 2.24) is 5.32 Å². The van der Waals surface area contributed by atoms with E-state index in [9.17, 15) is 14.9 Å². The van der Waals surface area contributed by atoms with Gasteiger partial charge in [0.1, 0.15) is 5.54 Å². The van der Waals surface area contributed by atoms with Crippen LogP contribution in [0.3, 0.4) is 0 Å². The summed E-state index contributed by atoms with van der Waals surface area (Å²) in [6.45, 7) is -0.250. The molecule has 0 aliphatic heterocycles. The van der Waals surface area contributed by atoms with E-state index < -0.39 is 5.54 Å². The summed E-state index contributed by atoms with van der Waals surface area (Å²) in [5, 5.41) is 12.2. The van der Waals surface area contributed by atoms with Crippen molar-refractivity contribution in [3.8, 4) is 17.6 Å². The SMILES string of the molecule is COc1cc(Br)c(C=O)cc1OCC(=O)NC1(C#N)CCCCC1. The monoisotopic (exact) mass is 394 g/mol. The topological polar surface area (TPSA) is 88.4 Å². The van der Waals surface area contributed by atoms with E-state index in [1.165, 1.54) is 13.2 Å². The van der Waals surface area contributed by atoms with Crippen LogP contribution < -0.4 is 14.8 Å². The van der Waals surface area contributed by atoms with Crippen molar-refractivity contribution in [1.29, 1.82) is 5.26 Å². The molecule has 6 nitrogen and oxygen atoms in total. The molecule has 0 radical (unpaired) electrons. The predicted molar refractivity (Wildman–Crippen MR) is 91.1 cm³/mol. The van der Waals surface area contributed by atoms with E-state index in [-0.39, 0.29) is 12.5 Å². The smallest absolute Gasteiger partial charge is 0.259 e. The highest BCUT2D eigenvalue weighted by Gasteiger charge is 2.33. The molecule has 0 spiro atoms. The van der Waals surface area contributed by atoms with E-state index >= 15 is 0 Å². The summed E-state index contributed by atoms with van der Waals surface area (Å²) >= 11 is 3.26. The highest BCUT2D eigenvalue weighted by atomic mass is 79.9. The van der Waals surface area contributed by atoms with Crippen molar-refractivity contribution in [2.75, 3.05) is 13.7 Å². The normalized spacial score (nSPS) is 15.9. The Morgan fingerprint density at radius 3 is 2.67 bits per heavy atom. The van der Waals surface area contributed by atoms with E-state index in [2.05, 4.69) is 27.3 Å². The van der Waals surface area contributed by atoms with Crippen LogP contribution in [0.1, 0.15) is 42.5 Å². The van der Waals surface area contributed by atoms with Gasteiger partial charge in [-0.25, -0.2) is 0 Å². The number of hydrogen-bond donors (Lipinski definition) is 1. The molecule has 0 heterocycles. The van der Waals surface area contributed by atoms with Crippen molar-refractivity contribution >= 4 is 28.1 Å². The van der Waals surface area contributed by atoms with E-state index in [1.54, 1.807) is 6.07 Å². The Morgan fingerprint density at radius 2 is 2.08 bits per heavy atom. The molecule has 128 valence electrons. The number of nitrogens with one attached hydrogen (secondary N) is 1. The molecule has 1 aromatic carbocycles. The zero-order valence-electron chi connectivity index (χ0n) is 13.4. The Balaban J connectivity index is 2.03. The number of halogens is 1. The summed E-state index contributed by atoms with van der Waals surface area (Å²) in [4.78, 5) is 23.2. The molecular formula is C17H19BrN2O4. The van der Waals surface area contributed by atoms with E-state index in [1.807, 2.05) is 0 Å². The summed E-state index contributed by atoms with van der Waals surface area (Å²) < 4.78 is 11.3. The molecule has 1 amide bonds. The van der Waals surface area contributed by atoms with Gasteiger partial charge in [-0.1, -0.05) is 19.3 Å². The van der Waals surface area contributed by atoms with Crippen LogP contribution in [0.5, 0.6) is 11.5 Å². The molecule has 1 aromatic rings. The summed E-state index contributed by atoms with van der Waals surface area (Å²) in [7, 11) is 1.47. The maximum absolute atomic E-state index is 12.2. The minimum atomic E-state index is -0.795. The van der Waals surface area contributed by atoms with Crippen LogP contribution in [0.15, 0.2) is 16.6 Å². The fraction of sp³-hybridized carbons (Fsp3) is 0.471. The van der Waals surface area contributed by atoms with Gasteiger partial charge in [-0.3, -0.25) is 9.59 Å². The highest BCUT2D eigenvalue weighted by molar-refractivity contribution is 9.10. The van der Waals surface area contributed by atoms with Crippen LogP contribution in [0.25, 0.3) is 0 Å². The molecule has 7 heteroatoms. The van der Waals surface area contributed by atoms with Gasteiger partial charge in [0.15, 0.2) is 24.4 Å². The minimum Gasteiger partial charge on any atom is -0.493 e. The molecule has 1 N–H and O–H groups in total. The third kappa shape index (κ3) is 4.26. The van der Waals surface area contributed by atoms with Gasteiger partial charge in [-0.2, -0.15) is 5.26 Å². The molecule has 0 aromatic heterocycles. The Kier molecular flexibility index (Phi) is 6.21. The largest absolute Gasteiger partial charge is 0.493 e. The van der Waals surface area contributed by atoms with Gasteiger partial charge < -0.3 is 14.8 Å². The third-order valence-electron chi connectivity index (χ3n) is 4.07. The Bertz CT molecular complexity index is 663. The lowest BCUT2D eigenvalue weighted by molar-refractivity contribution is -0.124. The van der Waals surface area contributed by atoms with E-state index in [0.717, 1.165) is 19.3 Å². The van der Waals surface area contributed by atoms with Gasteiger partial charge in [-0.15, -0.1) is 0 Å². The van der Waals surface area contributed by atoms with Gasteiger partial charge >= 0.3 is 0 Å². The van der Waals surface area contributed by atoms with Crippen molar-refractivity contribution in [3.05, 3.63) is 22.2 Å². The Labute approximate surface area is 149 Å². The number of rotatable bonds is 6. The molecular weight excluding hydrogens is 376 g/mol. The van der Waals surface area contributed by atoms with Crippen molar-refractivity contribution < 1.29 is 19.1 Å². The number of hydrogen-bond acceptors (Lipinski definition) is 5. The van der Waals surface area contributed by atoms with Crippen molar-refractivity contribution in [2.24, 2.45) is 0 Å². The standard InChI is InChI=1S/C17H19BrN2O4/c1-23-14-8-13(18)12(9-21)7-15(14)24-10-16(22)20-17(11-19)5-3-2-4-6-17/h7-9H,2-6,10H2,1H3,(H,20,22). The fourth-order valence-corrected chi connectivity index (χ4v) is 3.20. The first-order valence-electron chi connectivity index (χ1n) is 7.71. The number of nitriles is 1. The van der Waals surface area contributed by atoms with Crippen LogP contribution in [-0.4, -0.2) is 31.4 Å². The van der Waals surface area contributed by atoms with Crippen LogP contribution >= 0.6 is 15.9 Å². The molecule has 1 fully saturated rings. The number of benzene rings is 1. The van der Waals surface area contributed by atoms with Gasteiger partial charge in [0.25, 0.3) is 5.91 Å². The first-order valence-corrected chi connectivity index (χ1v) is 8.50. The quantitative estimate of drug-likeness (QED) is 0.749. The molecule has 1 saturated carbocycles. The van der Waals surface area contributed by atoms with Gasteiger partial charge in [0.2, 0.25) is 0 Å². The minimum absolute atomic E-state index is 0.250. The van der Waals surface area contributed by atoms with Crippen molar-refractivity contribution in [3.63, 3.8) is 0 Å². The van der Waals surface area contributed by atoms with Crippen molar-refractivity contribution in [2.45, 2.75) is 37.6 Å². The molecule has 24 heavy (non-hydrogen) atoms. The molecule has 0 bridgehead atoms. The Hall–Kier alpha value is -2.07.